The molecule has 1 N–H and O–H groups in total. The van der Waals surface area contributed by atoms with Crippen LogP contribution in [0.5, 0.6) is 0 Å². The van der Waals surface area contributed by atoms with Crippen LogP contribution >= 0.6 is 46.6 Å². The molecular formula is C18H14Cl3N3O4S. The Morgan fingerprint density at radius 3 is 2.45 bits per heavy atom. The Kier molecular flexibility index (Phi) is 9.14. The van der Waals surface area contributed by atoms with Crippen LogP contribution < -0.4 is 0 Å². The van der Waals surface area contributed by atoms with Crippen LogP contribution in [0.4, 0.5) is 0 Å². The fraction of sp³-hybridized carbons (Fsp3) is 0.0556. The minimum atomic E-state index is -1.50. The van der Waals surface area contributed by atoms with Gasteiger partial charge in [-0.1, -0.05) is 46.6 Å². The number of nitrogens with zero attached hydrogens (tertiary/aromatic N) is 3. The summed E-state index contributed by atoms with van der Waals surface area (Å²) in [6, 6.07) is 12.9. The normalized spacial score (nSPS) is 10.8. The van der Waals surface area contributed by atoms with Crippen molar-refractivity contribution in [1.82, 2.24) is 9.55 Å². The van der Waals surface area contributed by atoms with E-state index in [1.807, 2.05) is 42.7 Å². The summed E-state index contributed by atoms with van der Waals surface area (Å²) in [6.07, 6.45) is 7.02. The van der Waals surface area contributed by atoms with Crippen LogP contribution in [-0.2, 0) is 4.74 Å². The molecule has 0 atom stereocenters. The van der Waals surface area contributed by atoms with Gasteiger partial charge in [0.25, 0.3) is 5.09 Å². The molecule has 1 aromatic heterocycles. The first kappa shape index (κ1) is 22.9. The lowest BCUT2D eigenvalue weighted by molar-refractivity contribution is -0.742. The average molecular weight is 475 g/mol. The molecular weight excluding hydrogens is 461 g/mol. The summed E-state index contributed by atoms with van der Waals surface area (Å²) < 4.78 is 7.77. The summed E-state index contributed by atoms with van der Waals surface area (Å²) in [5, 5.41) is 15.4. The van der Waals surface area contributed by atoms with Crippen LogP contribution in [0.1, 0.15) is 5.56 Å². The summed E-state index contributed by atoms with van der Waals surface area (Å²) in [5.41, 5.74) is 0.761. The molecule has 2 aromatic carbocycles. The lowest BCUT2D eigenvalue weighted by atomic mass is 10.2. The number of hydrogen-bond acceptors (Lipinski definition) is 5. The number of thioether (sulfide) groups is 1. The highest BCUT2D eigenvalue weighted by atomic mass is 35.5. The first-order valence-corrected chi connectivity index (χ1v) is 9.96. The molecule has 0 aliphatic carbocycles. The fourth-order valence-corrected chi connectivity index (χ4v) is 3.32. The van der Waals surface area contributed by atoms with Crippen molar-refractivity contribution in [3.8, 4) is 0 Å². The number of halogens is 3. The third-order valence-electron chi connectivity index (χ3n) is 3.24. The highest BCUT2D eigenvalue weighted by molar-refractivity contribution is 7.99. The maximum atomic E-state index is 8.36. The van der Waals surface area contributed by atoms with Gasteiger partial charge in [0, 0.05) is 32.9 Å². The van der Waals surface area contributed by atoms with Crippen LogP contribution in [0.25, 0.3) is 12.0 Å². The van der Waals surface area contributed by atoms with Crippen molar-refractivity contribution in [3.05, 3.63) is 91.9 Å². The molecule has 7 nitrogen and oxygen atoms in total. The Morgan fingerprint density at radius 1 is 1.21 bits per heavy atom. The van der Waals surface area contributed by atoms with Gasteiger partial charge < -0.3 is 14.5 Å². The topological polar surface area (TPSA) is 90.4 Å². The summed E-state index contributed by atoms with van der Waals surface area (Å²) in [7, 11) is 0. The first-order valence-electron chi connectivity index (χ1n) is 7.84. The number of ether oxygens (including phenoxy) is 1. The zero-order valence-electron chi connectivity index (χ0n) is 14.6. The van der Waals surface area contributed by atoms with Gasteiger partial charge in [0.1, 0.15) is 11.7 Å². The second-order valence-electron chi connectivity index (χ2n) is 5.23. The first-order chi connectivity index (χ1) is 13.8. The van der Waals surface area contributed by atoms with Crippen molar-refractivity contribution in [2.75, 3.05) is 5.94 Å². The van der Waals surface area contributed by atoms with E-state index in [-0.39, 0.29) is 0 Å². The van der Waals surface area contributed by atoms with Crippen molar-refractivity contribution in [2.45, 2.75) is 4.90 Å². The van der Waals surface area contributed by atoms with Crippen LogP contribution in [0, 0.1) is 10.1 Å². The van der Waals surface area contributed by atoms with E-state index in [0.717, 1.165) is 10.5 Å². The van der Waals surface area contributed by atoms with E-state index in [4.69, 9.17) is 54.9 Å². The number of hydrogen-bond donors (Lipinski definition) is 1. The Balaban J connectivity index is 0.000000687. The molecule has 29 heavy (non-hydrogen) atoms. The summed E-state index contributed by atoms with van der Waals surface area (Å²) in [5.74, 6) is 1.04. The monoisotopic (exact) mass is 473 g/mol. The van der Waals surface area contributed by atoms with Crippen LogP contribution in [0.3, 0.4) is 0 Å². The molecule has 0 bridgehead atoms. The maximum Gasteiger partial charge on any atom is 0.291 e. The van der Waals surface area contributed by atoms with E-state index < -0.39 is 5.09 Å². The van der Waals surface area contributed by atoms with Gasteiger partial charge in [0.15, 0.2) is 0 Å². The Bertz CT molecular complexity index is 963. The van der Waals surface area contributed by atoms with Crippen molar-refractivity contribution in [2.24, 2.45) is 0 Å². The molecule has 11 heteroatoms. The lowest BCUT2D eigenvalue weighted by Crippen LogP contribution is -1.96. The molecule has 1 heterocycles. The zero-order chi connectivity index (χ0) is 21.2. The highest BCUT2D eigenvalue weighted by Gasteiger charge is 2.10. The Hall–Kier alpha value is -2.39. The van der Waals surface area contributed by atoms with Gasteiger partial charge in [-0.2, -0.15) is 0 Å². The average Bonchev–Trinajstić information content (AvgIpc) is 3.15. The molecule has 0 spiro atoms. The molecule has 0 aliphatic heterocycles. The van der Waals surface area contributed by atoms with Crippen molar-refractivity contribution < 1.29 is 15.0 Å². The van der Waals surface area contributed by atoms with Crippen molar-refractivity contribution in [3.63, 3.8) is 0 Å². The quantitative estimate of drug-likeness (QED) is 0.150. The van der Waals surface area contributed by atoms with Crippen LogP contribution in [-0.4, -0.2) is 25.8 Å². The molecule has 0 amide bonds. The molecule has 0 fully saturated rings. The van der Waals surface area contributed by atoms with Gasteiger partial charge >= 0.3 is 0 Å². The van der Waals surface area contributed by atoms with Crippen molar-refractivity contribution in [1.29, 1.82) is 0 Å². The van der Waals surface area contributed by atoms with E-state index in [1.54, 1.807) is 41.0 Å². The number of imidazole rings is 1. The number of benzene rings is 2. The molecule has 0 saturated heterocycles. The fourth-order valence-electron chi connectivity index (χ4n) is 2.05. The summed E-state index contributed by atoms with van der Waals surface area (Å²) >= 11 is 19.8. The molecule has 0 unspecified atom stereocenters. The molecule has 0 radical (unpaired) electrons. The standard InChI is InChI=1S/C18H13Cl3N2OS.HNO3/c19-13-1-4-15(5-2-13)25-12-24-18(10-23-8-7-22-11-23)16-6-3-14(20)9-17(16)21;2-1(3)4/h1-11H,12H2;(H,2,3,4)/b18-10-;. The third-order valence-corrected chi connectivity index (χ3v) is 4.88. The Morgan fingerprint density at radius 2 is 1.86 bits per heavy atom. The number of rotatable bonds is 6. The minimum absolute atomic E-state index is 0.418. The van der Waals surface area contributed by atoms with E-state index in [1.165, 1.54) is 0 Å². The highest BCUT2D eigenvalue weighted by Crippen LogP contribution is 2.30. The number of aromatic nitrogens is 2. The van der Waals surface area contributed by atoms with Gasteiger partial charge in [0.05, 0.1) is 17.5 Å². The summed E-state index contributed by atoms with van der Waals surface area (Å²) in [4.78, 5) is 13.5. The lowest BCUT2D eigenvalue weighted by Gasteiger charge is -2.13. The molecule has 0 saturated carbocycles. The van der Waals surface area contributed by atoms with E-state index >= 15 is 0 Å². The minimum Gasteiger partial charge on any atom is -0.480 e. The molecule has 0 aliphatic rings. The largest absolute Gasteiger partial charge is 0.480 e. The van der Waals surface area contributed by atoms with Gasteiger partial charge in [-0.3, -0.25) is 0 Å². The van der Waals surface area contributed by atoms with Crippen LogP contribution in [0.2, 0.25) is 15.1 Å². The molecule has 152 valence electrons. The predicted octanol–water partition coefficient (Wildman–Crippen LogP) is 6.22. The van der Waals surface area contributed by atoms with Gasteiger partial charge in [0.2, 0.25) is 0 Å². The molecule has 3 aromatic rings. The smallest absolute Gasteiger partial charge is 0.291 e. The zero-order valence-corrected chi connectivity index (χ0v) is 17.7. The van der Waals surface area contributed by atoms with Gasteiger partial charge in [-0.05, 0) is 42.5 Å². The van der Waals surface area contributed by atoms with E-state index in [0.29, 0.717) is 26.8 Å². The second kappa shape index (κ2) is 11.6. The Labute approximate surface area is 185 Å². The predicted molar refractivity (Wildman–Crippen MR) is 115 cm³/mol. The second-order valence-corrected chi connectivity index (χ2v) is 7.50. The summed E-state index contributed by atoms with van der Waals surface area (Å²) in [6.45, 7) is 0. The van der Waals surface area contributed by atoms with Gasteiger partial charge in [-0.25, -0.2) is 4.98 Å². The maximum absolute atomic E-state index is 8.36. The van der Waals surface area contributed by atoms with Gasteiger partial charge in [-0.15, -0.1) is 10.1 Å². The molecule has 3 rings (SSSR count). The van der Waals surface area contributed by atoms with Crippen LogP contribution in [0.15, 0.2) is 66.1 Å². The van der Waals surface area contributed by atoms with E-state index in [9.17, 15) is 0 Å². The SMILES string of the molecule is Clc1ccc(SCO/C(=C\n2ccnc2)c2ccc(Cl)cc2Cl)cc1.O=[N+]([O-])O. The van der Waals surface area contributed by atoms with Crippen molar-refractivity contribution >= 4 is 58.5 Å². The van der Waals surface area contributed by atoms with E-state index in [2.05, 4.69) is 4.98 Å². The third kappa shape index (κ3) is 8.25.